The quantitative estimate of drug-likeness (QED) is 0.925. The standard InChI is InChI=1S/C12H15BrN2O/c1-3-16-11-6-9(4-5-10(11)13)12-14-7-8(2)15-12/h4-6,8H,3,7H2,1-2H3,(H,14,15). The number of nitrogens with zero attached hydrogens (tertiary/aromatic N) is 1. The molecule has 1 atom stereocenters. The van der Waals surface area contributed by atoms with Crippen LogP contribution in [0.2, 0.25) is 0 Å². The predicted octanol–water partition coefficient (Wildman–Crippen LogP) is 2.59. The van der Waals surface area contributed by atoms with Gasteiger partial charge in [0.2, 0.25) is 0 Å². The third-order valence-corrected chi connectivity index (χ3v) is 3.07. The average Bonchev–Trinajstić information content (AvgIpc) is 2.69. The van der Waals surface area contributed by atoms with Gasteiger partial charge in [0.05, 0.1) is 17.6 Å². The molecule has 0 radical (unpaired) electrons. The van der Waals surface area contributed by atoms with Crippen molar-refractivity contribution in [2.45, 2.75) is 19.9 Å². The molecule has 0 spiro atoms. The minimum atomic E-state index is 0.425. The normalized spacial score (nSPS) is 19.2. The molecule has 0 bridgehead atoms. The van der Waals surface area contributed by atoms with Crippen LogP contribution in [0.25, 0.3) is 0 Å². The largest absolute Gasteiger partial charge is 0.493 e. The summed E-state index contributed by atoms with van der Waals surface area (Å²) in [6.07, 6.45) is 0. The van der Waals surface area contributed by atoms with E-state index in [2.05, 4.69) is 33.2 Å². The first-order valence-corrected chi connectivity index (χ1v) is 6.23. The Balaban J connectivity index is 2.25. The fourth-order valence-corrected chi connectivity index (χ4v) is 2.01. The molecule has 1 heterocycles. The smallest absolute Gasteiger partial charge is 0.134 e. The van der Waals surface area contributed by atoms with E-state index in [1.54, 1.807) is 0 Å². The highest BCUT2D eigenvalue weighted by molar-refractivity contribution is 9.10. The molecule has 0 amide bonds. The molecule has 4 heteroatoms. The van der Waals surface area contributed by atoms with E-state index in [4.69, 9.17) is 4.74 Å². The maximum atomic E-state index is 5.53. The van der Waals surface area contributed by atoms with Gasteiger partial charge < -0.3 is 10.1 Å². The number of halogens is 1. The minimum Gasteiger partial charge on any atom is -0.493 e. The van der Waals surface area contributed by atoms with Crippen LogP contribution in [0.3, 0.4) is 0 Å². The first-order valence-electron chi connectivity index (χ1n) is 5.44. The number of hydrogen-bond acceptors (Lipinski definition) is 3. The Morgan fingerprint density at radius 1 is 1.56 bits per heavy atom. The number of aliphatic imine (C=N–C) groups is 1. The number of ether oxygens (including phenoxy) is 1. The Hall–Kier alpha value is -1.03. The van der Waals surface area contributed by atoms with Crippen LogP contribution in [0.1, 0.15) is 19.4 Å². The molecule has 0 aromatic heterocycles. The van der Waals surface area contributed by atoms with Gasteiger partial charge in [0.15, 0.2) is 0 Å². The fraction of sp³-hybridized carbons (Fsp3) is 0.417. The SMILES string of the molecule is CCOc1cc(C2=NCC(C)N2)ccc1Br. The van der Waals surface area contributed by atoms with E-state index in [1.807, 2.05) is 25.1 Å². The van der Waals surface area contributed by atoms with Gasteiger partial charge in [-0.3, -0.25) is 4.99 Å². The third kappa shape index (κ3) is 2.38. The lowest BCUT2D eigenvalue weighted by Gasteiger charge is -2.10. The van der Waals surface area contributed by atoms with Crippen LogP contribution in [0.5, 0.6) is 5.75 Å². The van der Waals surface area contributed by atoms with Gasteiger partial charge in [0.25, 0.3) is 0 Å². The second kappa shape index (κ2) is 4.87. The Kier molecular flexibility index (Phi) is 3.49. The highest BCUT2D eigenvalue weighted by atomic mass is 79.9. The molecule has 1 aromatic carbocycles. The van der Waals surface area contributed by atoms with Crippen molar-refractivity contribution in [3.05, 3.63) is 28.2 Å². The molecule has 0 fully saturated rings. The lowest BCUT2D eigenvalue weighted by atomic mass is 10.2. The maximum absolute atomic E-state index is 5.53. The van der Waals surface area contributed by atoms with Crippen LogP contribution in [0.15, 0.2) is 27.7 Å². The average molecular weight is 283 g/mol. The summed E-state index contributed by atoms with van der Waals surface area (Å²) in [4.78, 5) is 4.45. The molecule has 16 heavy (non-hydrogen) atoms. The van der Waals surface area contributed by atoms with Crippen molar-refractivity contribution in [3.63, 3.8) is 0 Å². The lowest BCUT2D eigenvalue weighted by Crippen LogP contribution is -2.27. The number of benzene rings is 1. The second-order valence-corrected chi connectivity index (χ2v) is 4.67. The molecule has 0 saturated carbocycles. The number of hydrogen-bond donors (Lipinski definition) is 1. The van der Waals surface area contributed by atoms with Gasteiger partial charge in [-0.05, 0) is 48.0 Å². The summed E-state index contributed by atoms with van der Waals surface area (Å²) < 4.78 is 6.51. The highest BCUT2D eigenvalue weighted by Gasteiger charge is 2.15. The summed E-state index contributed by atoms with van der Waals surface area (Å²) in [7, 11) is 0. The molecular weight excluding hydrogens is 268 g/mol. The van der Waals surface area contributed by atoms with Gasteiger partial charge in [0, 0.05) is 11.6 Å². The second-order valence-electron chi connectivity index (χ2n) is 3.81. The van der Waals surface area contributed by atoms with Gasteiger partial charge in [0.1, 0.15) is 11.6 Å². The molecule has 0 aliphatic carbocycles. The Morgan fingerprint density at radius 3 is 3.00 bits per heavy atom. The van der Waals surface area contributed by atoms with Crippen molar-refractivity contribution in [1.82, 2.24) is 5.32 Å². The first-order chi connectivity index (χ1) is 7.70. The van der Waals surface area contributed by atoms with Crippen molar-refractivity contribution in [3.8, 4) is 5.75 Å². The van der Waals surface area contributed by atoms with Gasteiger partial charge in [-0.1, -0.05) is 0 Å². The predicted molar refractivity (Wildman–Crippen MR) is 69.3 cm³/mol. The number of rotatable bonds is 3. The summed E-state index contributed by atoms with van der Waals surface area (Å²) in [5.41, 5.74) is 1.08. The monoisotopic (exact) mass is 282 g/mol. The van der Waals surface area contributed by atoms with Crippen LogP contribution in [0, 0.1) is 0 Å². The highest BCUT2D eigenvalue weighted by Crippen LogP contribution is 2.26. The van der Waals surface area contributed by atoms with Crippen molar-refractivity contribution in [2.24, 2.45) is 4.99 Å². The molecule has 1 unspecified atom stereocenters. The molecule has 1 N–H and O–H groups in total. The number of nitrogens with one attached hydrogen (secondary N) is 1. The summed E-state index contributed by atoms with van der Waals surface area (Å²) in [5.74, 6) is 1.82. The topological polar surface area (TPSA) is 33.6 Å². The number of amidine groups is 1. The summed E-state index contributed by atoms with van der Waals surface area (Å²) in [5, 5.41) is 3.34. The van der Waals surface area contributed by atoms with Crippen LogP contribution in [-0.2, 0) is 0 Å². The van der Waals surface area contributed by atoms with Crippen LogP contribution in [0.4, 0.5) is 0 Å². The Morgan fingerprint density at radius 2 is 2.38 bits per heavy atom. The first kappa shape index (κ1) is 11.5. The van der Waals surface area contributed by atoms with Crippen molar-refractivity contribution >= 4 is 21.8 Å². The summed E-state index contributed by atoms with van der Waals surface area (Å²) in [6, 6.07) is 6.47. The van der Waals surface area contributed by atoms with Crippen molar-refractivity contribution in [1.29, 1.82) is 0 Å². The third-order valence-electron chi connectivity index (χ3n) is 2.41. The van der Waals surface area contributed by atoms with E-state index in [-0.39, 0.29) is 0 Å². The molecule has 1 aliphatic rings. The molecule has 2 rings (SSSR count). The van der Waals surface area contributed by atoms with Gasteiger partial charge in [-0.25, -0.2) is 0 Å². The van der Waals surface area contributed by atoms with E-state index >= 15 is 0 Å². The molecule has 1 aromatic rings. The van der Waals surface area contributed by atoms with Crippen LogP contribution in [-0.4, -0.2) is 25.0 Å². The Bertz CT molecular complexity index is 417. The zero-order chi connectivity index (χ0) is 11.5. The summed E-state index contributed by atoms with van der Waals surface area (Å²) in [6.45, 7) is 5.61. The van der Waals surface area contributed by atoms with E-state index in [1.165, 1.54) is 0 Å². The van der Waals surface area contributed by atoms with Gasteiger partial charge in [-0.2, -0.15) is 0 Å². The fourth-order valence-electron chi connectivity index (χ4n) is 1.64. The van der Waals surface area contributed by atoms with E-state index in [9.17, 15) is 0 Å². The lowest BCUT2D eigenvalue weighted by molar-refractivity contribution is 0.338. The Labute approximate surface area is 104 Å². The molecular formula is C12H15BrN2O. The zero-order valence-electron chi connectivity index (χ0n) is 9.46. The van der Waals surface area contributed by atoms with E-state index in [0.717, 1.165) is 28.2 Å². The minimum absolute atomic E-state index is 0.425. The van der Waals surface area contributed by atoms with Crippen molar-refractivity contribution < 1.29 is 4.74 Å². The van der Waals surface area contributed by atoms with Crippen LogP contribution < -0.4 is 10.1 Å². The zero-order valence-corrected chi connectivity index (χ0v) is 11.0. The summed E-state index contributed by atoms with van der Waals surface area (Å²) >= 11 is 3.47. The van der Waals surface area contributed by atoms with E-state index in [0.29, 0.717) is 12.6 Å². The van der Waals surface area contributed by atoms with Gasteiger partial charge in [-0.15, -0.1) is 0 Å². The maximum Gasteiger partial charge on any atom is 0.134 e. The molecule has 86 valence electrons. The van der Waals surface area contributed by atoms with Gasteiger partial charge >= 0.3 is 0 Å². The van der Waals surface area contributed by atoms with Crippen LogP contribution >= 0.6 is 15.9 Å². The molecule has 0 saturated heterocycles. The molecule has 1 aliphatic heterocycles. The van der Waals surface area contributed by atoms with E-state index < -0.39 is 0 Å². The molecule has 3 nitrogen and oxygen atoms in total. The van der Waals surface area contributed by atoms with Crippen molar-refractivity contribution in [2.75, 3.05) is 13.2 Å².